The van der Waals surface area contributed by atoms with Crippen molar-refractivity contribution in [1.82, 2.24) is 5.32 Å². The SMILES string of the molecule is CCNCCS(=O)(=O)Nc1cc(C)cc(C)c1. The maximum atomic E-state index is 11.7. The van der Waals surface area contributed by atoms with Crippen molar-refractivity contribution in [3.8, 4) is 0 Å². The van der Waals surface area contributed by atoms with Gasteiger partial charge in [0.25, 0.3) is 0 Å². The van der Waals surface area contributed by atoms with E-state index < -0.39 is 10.0 Å². The largest absolute Gasteiger partial charge is 0.316 e. The van der Waals surface area contributed by atoms with Crippen molar-refractivity contribution < 1.29 is 8.42 Å². The van der Waals surface area contributed by atoms with E-state index in [1.165, 1.54) is 0 Å². The summed E-state index contributed by atoms with van der Waals surface area (Å²) in [5, 5.41) is 2.99. The molecule has 0 heterocycles. The van der Waals surface area contributed by atoms with Crippen LogP contribution in [0.15, 0.2) is 18.2 Å². The number of sulfonamides is 1. The van der Waals surface area contributed by atoms with Crippen molar-refractivity contribution in [2.75, 3.05) is 23.6 Å². The Morgan fingerprint density at radius 2 is 1.71 bits per heavy atom. The molecule has 0 atom stereocenters. The second-order valence-corrected chi connectivity index (χ2v) is 5.99. The molecule has 17 heavy (non-hydrogen) atoms. The van der Waals surface area contributed by atoms with Gasteiger partial charge in [0.1, 0.15) is 0 Å². The van der Waals surface area contributed by atoms with Crippen molar-refractivity contribution in [3.05, 3.63) is 29.3 Å². The van der Waals surface area contributed by atoms with Crippen LogP contribution in [0, 0.1) is 13.8 Å². The second-order valence-electron chi connectivity index (χ2n) is 4.15. The van der Waals surface area contributed by atoms with E-state index in [2.05, 4.69) is 10.0 Å². The van der Waals surface area contributed by atoms with Gasteiger partial charge >= 0.3 is 0 Å². The molecular formula is C12H20N2O2S. The normalized spacial score (nSPS) is 11.5. The Balaban J connectivity index is 2.69. The van der Waals surface area contributed by atoms with E-state index in [1.54, 1.807) is 0 Å². The van der Waals surface area contributed by atoms with Gasteiger partial charge < -0.3 is 5.32 Å². The Morgan fingerprint density at radius 1 is 1.12 bits per heavy atom. The van der Waals surface area contributed by atoms with Crippen molar-refractivity contribution in [2.45, 2.75) is 20.8 Å². The lowest BCUT2D eigenvalue weighted by Gasteiger charge is -2.09. The van der Waals surface area contributed by atoms with Gasteiger partial charge in [-0.1, -0.05) is 13.0 Å². The lowest BCUT2D eigenvalue weighted by Crippen LogP contribution is -2.26. The molecule has 0 bridgehead atoms. The molecule has 0 unspecified atom stereocenters. The van der Waals surface area contributed by atoms with Gasteiger partial charge in [0.2, 0.25) is 10.0 Å². The molecule has 0 radical (unpaired) electrons. The third kappa shape index (κ3) is 5.19. The summed E-state index contributed by atoms with van der Waals surface area (Å²) in [6, 6.07) is 5.67. The van der Waals surface area contributed by atoms with E-state index in [9.17, 15) is 8.42 Å². The van der Waals surface area contributed by atoms with Crippen LogP contribution >= 0.6 is 0 Å². The van der Waals surface area contributed by atoms with Gasteiger partial charge in [-0.15, -0.1) is 0 Å². The summed E-state index contributed by atoms with van der Waals surface area (Å²) in [7, 11) is -3.25. The smallest absolute Gasteiger partial charge is 0.233 e. The zero-order valence-electron chi connectivity index (χ0n) is 10.6. The highest BCUT2D eigenvalue weighted by atomic mass is 32.2. The third-order valence-corrected chi connectivity index (χ3v) is 3.58. The number of aryl methyl sites for hydroxylation is 2. The molecule has 2 N–H and O–H groups in total. The molecule has 0 aromatic heterocycles. The molecular weight excluding hydrogens is 236 g/mol. The first-order valence-corrected chi connectivity index (χ1v) is 7.37. The van der Waals surface area contributed by atoms with Gasteiger partial charge in [0.05, 0.1) is 5.75 Å². The van der Waals surface area contributed by atoms with Crippen molar-refractivity contribution >= 4 is 15.7 Å². The molecule has 0 saturated carbocycles. The Bertz CT molecular complexity index is 449. The van der Waals surface area contributed by atoms with Crippen LogP contribution < -0.4 is 10.0 Å². The Hall–Kier alpha value is -1.07. The molecule has 0 aliphatic carbocycles. The first-order valence-electron chi connectivity index (χ1n) is 5.72. The minimum absolute atomic E-state index is 0.0911. The summed E-state index contributed by atoms with van der Waals surface area (Å²) in [4.78, 5) is 0. The van der Waals surface area contributed by atoms with E-state index in [0.717, 1.165) is 17.7 Å². The number of rotatable bonds is 6. The molecule has 0 aliphatic heterocycles. The maximum absolute atomic E-state index is 11.7. The Labute approximate surface area is 103 Å². The third-order valence-electron chi connectivity index (χ3n) is 2.29. The molecule has 1 aromatic carbocycles. The average molecular weight is 256 g/mol. The number of nitrogens with one attached hydrogen (secondary N) is 2. The van der Waals surface area contributed by atoms with Crippen LogP contribution in [0.2, 0.25) is 0 Å². The van der Waals surface area contributed by atoms with Crippen LogP contribution in [-0.2, 0) is 10.0 Å². The molecule has 96 valence electrons. The van der Waals surface area contributed by atoms with Crippen LogP contribution in [0.4, 0.5) is 5.69 Å². The fourth-order valence-electron chi connectivity index (χ4n) is 1.65. The van der Waals surface area contributed by atoms with Gasteiger partial charge in [0, 0.05) is 12.2 Å². The fraction of sp³-hybridized carbons (Fsp3) is 0.500. The summed E-state index contributed by atoms with van der Waals surface area (Å²) in [6.07, 6.45) is 0. The average Bonchev–Trinajstić information content (AvgIpc) is 2.14. The Kier molecular flexibility index (Phi) is 4.96. The van der Waals surface area contributed by atoms with Crippen LogP contribution in [-0.4, -0.2) is 27.3 Å². The van der Waals surface area contributed by atoms with Crippen LogP contribution in [0.5, 0.6) is 0 Å². The van der Waals surface area contributed by atoms with E-state index in [1.807, 2.05) is 39.0 Å². The predicted octanol–water partition coefficient (Wildman–Crippen LogP) is 1.65. The second kappa shape index (κ2) is 6.02. The van der Waals surface area contributed by atoms with Gasteiger partial charge in [-0.2, -0.15) is 0 Å². The molecule has 0 aliphatic rings. The van der Waals surface area contributed by atoms with Gasteiger partial charge in [-0.25, -0.2) is 8.42 Å². The first-order chi connectivity index (χ1) is 7.93. The highest BCUT2D eigenvalue weighted by molar-refractivity contribution is 7.92. The van der Waals surface area contributed by atoms with E-state index in [-0.39, 0.29) is 5.75 Å². The molecule has 0 fully saturated rings. The standard InChI is InChI=1S/C12H20N2O2S/c1-4-13-5-6-17(15,16)14-12-8-10(2)7-11(3)9-12/h7-9,13-14H,4-6H2,1-3H3. The van der Waals surface area contributed by atoms with E-state index in [4.69, 9.17) is 0 Å². The van der Waals surface area contributed by atoms with E-state index in [0.29, 0.717) is 12.2 Å². The molecule has 0 amide bonds. The van der Waals surface area contributed by atoms with Crippen LogP contribution in [0.3, 0.4) is 0 Å². The van der Waals surface area contributed by atoms with Gasteiger partial charge in [0.15, 0.2) is 0 Å². The Morgan fingerprint density at radius 3 is 2.24 bits per heavy atom. The molecule has 0 spiro atoms. The number of anilines is 1. The lowest BCUT2D eigenvalue weighted by molar-refractivity contribution is 0.597. The van der Waals surface area contributed by atoms with Crippen LogP contribution in [0.25, 0.3) is 0 Å². The zero-order valence-corrected chi connectivity index (χ0v) is 11.4. The summed E-state index contributed by atoms with van der Waals surface area (Å²) in [6.45, 7) is 7.09. The summed E-state index contributed by atoms with van der Waals surface area (Å²) in [5.74, 6) is 0.0911. The minimum Gasteiger partial charge on any atom is -0.316 e. The predicted molar refractivity (Wildman–Crippen MR) is 71.9 cm³/mol. The molecule has 1 aromatic rings. The van der Waals surface area contributed by atoms with E-state index >= 15 is 0 Å². The highest BCUT2D eigenvalue weighted by Crippen LogP contribution is 2.15. The summed E-state index contributed by atoms with van der Waals surface area (Å²) >= 11 is 0. The first kappa shape index (κ1) is 14.0. The monoisotopic (exact) mass is 256 g/mol. The van der Waals surface area contributed by atoms with Gasteiger partial charge in [-0.3, -0.25) is 4.72 Å². The van der Waals surface area contributed by atoms with Crippen molar-refractivity contribution in [2.24, 2.45) is 0 Å². The van der Waals surface area contributed by atoms with Crippen molar-refractivity contribution in [1.29, 1.82) is 0 Å². The minimum atomic E-state index is -3.25. The molecule has 5 heteroatoms. The fourth-order valence-corrected chi connectivity index (χ4v) is 2.64. The summed E-state index contributed by atoms with van der Waals surface area (Å²) < 4.78 is 26.1. The van der Waals surface area contributed by atoms with Gasteiger partial charge in [-0.05, 0) is 43.7 Å². The molecule has 0 saturated heterocycles. The number of benzene rings is 1. The summed E-state index contributed by atoms with van der Waals surface area (Å²) in [5.41, 5.74) is 2.74. The highest BCUT2D eigenvalue weighted by Gasteiger charge is 2.09. The lowest BCUT2D eigenvalue weighted by atomic mass is 10.1. The number of hydrogen-bond donors (Lipinski definition) is 2. The number of hydrogen-bond acceptors (Lipinski definition) is 3. The maximum Gasteiger partial charge on any atom is 0.233 e. The topological polar surface area (TPSA) is 58.2 Å². The van der Waals surface area contributed by atoms with Crippen molar-refractivity contribution in [3.63, 3.8) is 0 Å². The molecule has 4 nitrogen and oxygen atoms in total. The quantitative estimate of drug-likeness (QED) is 0.761. The zero-order chi connectivity index (χ0) is 12.9. The molecule has 1 rings (SSSR count). The van der Waals surface area contributed by atoms with Crippen LogP contribution in [0.1, 0.15) is 18.1 Å².